The van der Waals surface area contributed by atoms with Gasteiger partial charge >= 0.3 is 18.4 Å². The molecule has 12 N–H and O–H groups in total. The number of urea groups is 1. The first-order valence-electron chi connectivity index (χ1n) is 18.9. The number of guanidine groups is 1. The molecule has 2 aliphatic rings. The second kappa shape index (κ2) is 20.8. The highest BCUT2D eigenvalue weighted by atomic mass is 19.4. The predicted molar refractivity (Wildman–Crippen MR) is 212 cm³/mol. The number of halogens is 6. The first kappa shape index (κ1) is 45.2. The van der Waals surface area contributed by atoms with Crippen molar-refractivity contribution in [2.75, 3.05) is 96.5 Å². The Labute approximate surface area is 331 Å². The maximum atomic E-state index is 14.4. The molecule has 2 aromatic rings. The molecule has 0 saturated carbocycles. The maximum Gasteiger partial charge on any atom is 0.416 e. The van der Waals surface area contributed by atoms with Crippen LogP contribution in [0.3, 0.4) is 0 Å². The molecular weight excluding hydrogens is 776 g/mol. The quantitative estimate of drug-likeness (QED) is 0.0493. The minimum atomic E-state index is -4.92. The molecular formula is C36H51F6N13O3. The molecule has 2 aliphatic heterocycles. The highest BCUT2D eigenvalue weighted by Gasteiger charge is 2.36. The number of hydrogen-bond donors (Lipinski definition) is 11. The summed E-state index contributed by atoms with van der Waals surface area (Å²) in [4.78, 5) is 43.4. The Kier molecular flexibility index (Phi) is 16.2. The lowest BCUT2D eigenvalue weighted by Gasteiger charge is -2.34. The molecule has 4 rings (SSSR count). The molecule has 58 heavy (non-hydrogen) atoms. The third kappa shape index (κ3) is 13.9. The molecule has 0 atom stereocenters. The average molecular weight is 828 g/mol. The van der Waals surface area contributed by atoms with Crippen molar-refractivity contribution in [2.24, 2.45) is 5.73 Å². The van der Waals surface area contributed by atoms with Crippen molar-refractivity contribution < 1.29 is 40.7 Å². The van der Waals surface area contributed by atoms with Gasteiger partial charge in [0.1, 0.15) is 0 Å². The topological polar surface area (TPSA) is 228 Å². The van der Waals surface area contributed by atoms with Crippen LogP contribution in [0.1, 0.15) is 56.6 Å². The number of carbonyl (C=O) groups excluding carboxylic acids is 3. The first-order valence-corrected chi connectivity index (χ1v) is 18.9. The Morgan fingerprint density at radius 3 is 1.34 bits per heavy atom. The van der Waals surface area contributed by atoms with E-state index in [0.717, 1.165) is 12.1 Å². The third-order valence-corrected chi connectivity index (χ3v) is 9.15. The molecule has 16 nitrogen and oxygen atoms in total. The fourth-order valence-electron chi connectivity index (χ4n) is 6.46. The van der Waals surface area contributed by atoms with Gasteiger partial charge in [0.25, 0.3) is 0 Å². The van der Waals surface area contributed by atoms with E-state index < -0.39 is 41.3 Å². The number of unbranched alkanes of at least 4 members (excludes halogenated alkanes) is 2. The number of amidine groups is 1. The Balaban J connectivity index is 1.70. The molecule has 22 heteroatoms. The van der Waals surface area contributed by atoms with E-state index in [2.05, 4.69) is 42.5 Å². The third-order valence-electron chi connectivity index (χ3n) is 9.15. The lowest BCUT2D eigenvalue weighted by molar-refractivity contribution is -0.138. The van der Waals surface area contributed by atoms with E-state index in [1.165, 1.54) is 0 Å². The number of hydrogen-bond acceptors (Lipinski definition) is 9. The fourth-order valence-corrected chi connectivity index (χ4v) is 6.46. The molecule has 320 valence electrons. The Morgan fingerprint density at radius 1 is 0.638 bits per heavy atom. The van der Waals surface area contributed by atoms with Crippen LogP contribution in [0.25, 0.3) is 0 Å². The number of alkyl halides is 6. The van der Waals surface area contributed by atoms with Crippen molar-refractivity contribution in [3.05, 3.63) is 35.4 Å². The van der Waals surface area contributed by atoms with Crippen LogP contribution < -0.4 is 58.1 Å². The Morgan fingerprint density at radius 2 is 1.00 bits per heavy atom. The number of rotatable bonds is 16. The van der Waals surface area contributed by atoms with Crippen LogP contribution in [-0.2, 0) is 21.9 Å². The monoisotopic (exact) mass is 827 g/mol. The van der Waals surface area contributed by atoms with Crippen LogP contribution in [0.2, 0.25) is 0 Å². The zero-order valence-corrected chi connectivity index (χ0v) is 32.1. The van der Waals surface area contributed by atoms with Gasteiger partial charge in [-0.3, -0.25) is 20.4 Å². The fraction of sp³-hybridized carbons (Fsp3) is 0.528. The van der Waals surface area contributed by atoms with E-state index in [4.69, 9.17) is 16.6 Å². The predicted octanol–water partition coefficient (Wildman–Crippen LogP) is 4.47. The molecule has 0 unspecified atom stereocenters. The van der Waals surface area contributed by atoms with Gasteiger partial charge in [0, 0.05) is 78.3 Å². The number of nitrogens with one attached hydrogen (secondary N) is 10. The molecule has 0 aliphatic carbocycles. The molecule has 2 saturated heterocycles. The summed E-state index contributed by atoms with van der Waals surface area (Å²) >= 11 is 0. The number of piperazine rings is 2. The van der Waals surface area contributed by atoms with Crippen LogP contribution in [-0.4, -0.2) is 95.1 Å². The zero-order chi connectivity index (χ0) is 42.5. The second-order valence-corrected chi connectivity index (χ2v) is 13.8. The molecule has 0 spiro atoms. The summed E-state index contributed by atoms with van der Waals surface area (Å²) in [5.74, 6) is -1.18. The van der Waals surface area contributed by atoms with Gasteiger partial charge in [-0.05, 0) is 56.9 Å². The average Bonchev–Trinajstić information content (AvgIpc) is 3.14. The van der Waals surface area contributed by atoms with E-state index in [1.807, 2.05) is 0 Å². The molecule has 0 radical (unpaired) electrons. The smallest absolute Gasteiger partial charge is 0.374 e. The van der Waals surface area contributed by atoms with E-state index >= 15 is 0 Å². The normalized spacial score (nSPS) is 14.7. The van der Waals surface area contributed by atoms with Crippen LogP contribution in [0, 0.1) is 10.8 Å². The van der Waals surface area contributed by atoms with E-state index in [0.29, 0.717) is 77.1 Å². The minimum Gasteiger partial charge on any atom is -0.374 e. The van der Waals surface area contributed by atoms with Crippen LogP contribution in [0.15, 0.2) is 24.3 Å². The number of nitrogens with zero attached hydrogens (tertiary/aromatic N) is 2. The van der Waals surface area contributed by atoms with Gasteiger partial charge in [0.2, 0.25) is 11.8 Å². The molecule has 2 aromatic carbocycles. The highest BCUT2D eigenvalue weighted by molar-refractivity contribution is 6.08. The number of nitrogens with two attached hydrogens (primary N) is 1. The lowest BCUT2D eigenvalue weighted by Crippen LogP contribution is -2.44. The van der Waals surface area contributed by atoms with E-state index in [9.17, 15) is 40.7 Å². The summed E-state index contributed by atoms with van der Waals surface area (Å²) in [6.07, 6.45) is -8.32. The summed E-state index contributed by atoms with van der Waals surface area (Å²) in [5, 5.41) is 36.4. The Hall–Kier alpha value is -5.51. The van der Waals surface area contributed by atoms with Gasteiger partial charge in [-0.2, -0.15) is 26.3 Å². The summed E-state index contributed by atoms with van der Waals surface area (Å²) in [6, 6.07) is 1.79. The molecule has 2 heterocycles. The molecule has 2 fully saturated rings. The number of benzene rings is 2. The van der Waals surface area contributed by atoms with Gasteiger partial charge in [-0.25, -0.2) is 4.79 Å². The number of amides is 4. The van der Waals surface area contributed by atoms with Crippen molar-refractivity contribution in [1.29, 1.82) is 10.8 Å². The largest absolute Gasteiger partial charge is 0.416 e. The molecule has 0 aromatic heterocycles. The standard InChI is InChI=1S/C36H51F6N13O3/c1-22(43)48-8-4-2-6-29(56)50-25-18-23(35(37,38)39)20-27(31(25)54-14-10-46-11-15-54)52-34(58)53-28-21-24(36(40,41)42)19-26(32(28)55-16-12-47-13-17-55)51-30(57)7-3-5-9-49-33(44)45/h18-21,46-47H,2-17H2,1H3,(H2,43,48)(H,50,56)(H,51,57)(H4,44,45,49)(H2,52,53,58). The molecule has 0 bridgehead atoms. The van der Waals surface area contributed by atoms with Gasteiger partial charge in [-0.15, -0.1) is 0 Å². The van der Waals surface area contributed by atoms with Crippen molar-refractivity contribution in [1.82, 2.24) is 21.3 Å². The van der Waals surface area contributed by atoms with E-state index in [-0.39, 0.29) is 84.9 Å². The SMILES string of the molecule is CC(=N)NCCCCC(=O)Nc1cc(C(F)(F)F)cc(NC(=O)Nc2cc(C(F)(F)F)cc(NC(=O)CCCCNC(=N)N)c2N2CCNCC2)c1N1CCNCC1. The summed E-state index contributed by atoms with van der Waals surface area (Å²) in [5.41, 5.74) is 1.89. The van der Waals surface area contributed by atoms with Crippen molar-refractivity contribution >= 4 is 63.8 Å². The van der Waals surface area contributed by atoms with Gasteiger partial charge < -0.3 is 58.1 Å². The summed E-state index contributed by atoms with van der Waals surface area (Å²) in [6.45, 7) is 5.16. The lowest BCUT2D eigenvalue weighted by atomic mass is 10.1. The van der Waals surface area contributed by atoms with Crippen LogP contribution in [0.5, 0.6) is 0 Å². The Bertz CT molecular complexity index is 1650. The van der Waals surface area contributed by atoms with Gasteiger partial charge in [0.15, 0.2) is 5.96 Å². The highest BCUT2D eigenvalue weighted by Crippen LogP contribution is 2.44. The van der Waals surface area contributed by atoms with Gasteiger partial charge in [0.05, 0.1) is 51.1 Å². The summed E-state index contributed by atoms with van der Waals surface area (Å²) < 4.78 is 86.1. The van der Waals surface area contributed by atoms with Crippen LogP contribution in [0.4, 0.5) is 65.3 Å². The molecule has 4 amide bonds. The minimum absolute atomic E-state index is 0.0422. The van der Waals surface area contributed by atoms with Gasteiger partial charge in [-0.1, -0.05) is 0 Å². The zero-order valence-electron chi connectivity index (χ0n) is 32.1. The first-order chi connectivity index (χ1) is 27.4. The van der Waals surface area contributed by atoms with Crippen molar-refractivity contribution in [3.63, 3.8) is 0 Å². The number of carbonyl (C=O) groups is 3. The maximum absolute atomic E-state index is 14.4. The van der Waals surface area contributed by atoms with Crippen molar-refractivity contribution in [3.8, 4) is 0 Å². The summed E-state index contributed by atoms with van der Waals surface area (Å²) in [7, 11) is 0. The second-order valence-electron chi connectivity index (χ2n) is 13.8. The van der Waals surface area contributed by atoms with E-state index in [1.54, 1.807) is 16.7 Å². The van der Waals surface area contributed by atoms with Crippen molar-refractivity contribution in [2.45, 2.75) is 57.8 Å². The number of anilines is 6. The van der Waals surface area contributed by atoms with Crippen LogP contribution >= 0.6 is 0 Å².